The molecule has 0 aromatic heterocycles. The highest BCUT2D eigenvalue weighted by molar-refractivity contribution is 7.97. The molecule has 0 bridgehead atoms. The van der Waals surface area contributed by atoms with Crippen LogP contribution in [0.4, 0.5) is 4.39 Å². The van der Waals surface area contributed by atoms with Crippen molar-refractivity contribution in [3.05, 3.63) is 66.0 Å². The predicted octanol–water partition coefficient (Wildman–Crippen LogP) is 5.28. The molecule has 1 atom stereocenters. The second-order valence-electron chi connectivity index (χ2n) is 9.29. The number of hydrogen-bond acceptors (Lipinski definition) is 5. The van der Waals surface area contributed by atoms with Gasteiger partial charge in [-0.15, -0.1) is 0 Å². The number of rotatable bonds is 11. The lowest BCUT2D eigenvalue weighted by Crippen LogP contribution is -2.48. The summed E-state index contributed by atoms with van der Waals surface area (Å²) >= 11 is 1.66. The molecule has 0 radical (unpaired) electrons. The summed E-state index contributed by atoms with van der Waals surface area (Å²) in [5.74, 6) is 0.0916. The highest BCUT2D eigenvalue weighted by Gasteiger charge is 2.35. The highest BCUT2D eigenvalue weighted by Crippen LogP contribution is 2.36. The topological polar surface area (TPSA) is 33.5 Å². The third-order valence-corrected chi connectivity index (χ3v) is 7.77. The van der Waals surface area contributed by atoms with E-state index in [1.165, 1.54) is 12.1 Å². The third kappa shape index (κ3) is 7.28. The molecule has 0 N–H and O–H groups in total. The molecule has 2 aromatic rings. The molecule has 1 heterocycles. The normalized spacial score (nSPS) is 17.2. The number of nitrogens with zero attached hydrogens (tertiary/aromatic N) is 4. The lowest BCUT2D eigenvalue weighted by atomic mass is 9.70. The Morgan fingerprint density at radius 3 is 2.18 bits per heavy atom. The quantitative estimate of drug-likeness (QED) is 0.419. The van der Waals surface area contributed by atoms with Gasteiger partial charge in [0, 0.05) is 44.2 Å². The van der Waals surface area contributed by atoms with E-state index in [9.17, 15) is 9.65 Å². The van der Waals surface area contributed by atoms with Gasteiger partial charge in [0.1, 0.15) is 5.82 Å². The Labute approximate surface area is 203 Å². The average Bonchev–Trinajstić information content (AvgIpc) is 2.83. The van der Waals surface area contributed by atoms with Crippen molar-refractivity contribution in [1.29, 1.82) is 5.26 Å². The Hall–Kier alpha value is -1.91. The van der Waals surface area contributed by atoms with Gasteiger partial charge >= 0.3 is 0 Å². The molecular weight excluding hydrogens is 431 g/mol. The van der Waals surface area contributed by atoms with Gasteiger partial charge in [-0.3, -0.25) is 4.90 Å². The molecule has 6 heteroatoms. The molecule has 0 spiro atoms. The van der Waals surface area contributed by atoms with Crippen molar-refractivity contribution in [2.45, 2.75) is 37.0 Å². The summed E-state index contributed by atoms with van der Waals surface area (Å²) in [7, 11) is 2.09. The van der Waals surface area contributed by atoms with E-state index in [2.05, 4.69) is 53.2 Å². The molecule has 0 saturated carbocycles. The summed E-state index contributed by atoms with van der Waals surface area (Å²) in [5, 5.41) is 10.1. The van der Waals surface area contributed by atoms with Crippen molar-refractivity contribution in [2.75, 3.05) is 52.9 Å². The Bertz CT molecular complexity index is 875. The summed E-state index contributed by atoms with van der Waals surface area (Å²) in [6.45, 7) is 11.7. The molecule has 4 nitrogen and oxygen atoms in total. The number of likely N-dealkylation sites (N-methyl/N-ethyl adjacent to an activating group) is 1. The van der Waals surface area contributed by atoms with E-state index in [-0.39, 0.29) is 11.7 Å². The summed E-state index contributed by atoms with van der Waals surface area (Å²) in [5.41, 5.74) is 0.741. The van der Waals surface area contributed by atoms with Gasteiger partial charge in [0.2, 0.25) is 0 Å². The Morgan fingerprint density at radius 2 is 1.61 bits per heavy atom. The van der Waals surface area contributed by atoms with E-state index < -0.39 is 5.41 Å². The summed E-state index contributed by atoms with van der Waals surface area (Å²) in [6.07, 6.45) is 1.94. The van der Waals surface area contributed by atoms with Crippen LogP contribution in [0.5, 0.6) is 0 Å². The minimum atomic E-state index is -0.407. The zero-order valence-electron chi connectivity index (χ0n) is 20.2. The molecule has 1 saturated heterocycles. The zero-order chi connectivity index (χ0) is 23.7. The Morgan fingerprint density at radius 1 is 1.00 bits per heavy atom. The van der Waals surface area contributed by atoms with E-state index in [0.29, 0.717) is 0 Å². The molecule has 178 valence electrons. The fraction of sp³-hybridized carbons (Fsp3) is 0.519. The first-order chi connectivity index (χ1) is 15.9. The second kappa shape index (κ2) is 12.5. The predicted molar refractivity (Wildman–Crippen MR) is 136 cm³/mol. The van der Waals surface area contributed by atoms with E-state index in [1.807, 2.05) is 30.3 Å². The lowest BCUT2D eigenvalue weighted by molar-refractivity contribution is 0.126. The van der Waals surface area contributed by atoms with Crippen LogP contribution in [-0.2, 0) is 5.41 Å². The average molecular weight is 469 g/mol. The van der Waals surface area contributed by atoms with E-state index >= 15 is 0 Å². The minimum Gasteiger partial charge on any atom is -0.301 e. The van der Waals surface area contributed by atoms with Gasteiger partial charge in [0.25, 0.3) is 0 Å². The molecule has 0 amide bonds. The SMILES string of the molecule is CC(C)C(C#N)(CCCN1CCN(CCN(C)Sc2ccc(F)cc2)CC1)c1ccccc1. The van der Waals surface area contributed by atoms with Crippen molar-refractivity contribution in [3.8, 4) is 6.07 Å². The molecule has 1 fully saturated rings. The van der Waals surface area contributed by atoms with Gasteiger partial charge < -0.3 is 4.90 Å². The van der Waals surface area contributed by atoms with Crippen molar-refractivity contribution in [2.24, 2.45) is 5.92 Å². The second-order valence-corrected chi connectivity index (χ2v) is 10.6. The fourth-order valence-corrected chi connectivity index (χ4v) is 5.36. The minimum absolute atomic E-state index is 0.192. The summed E-state index contributed by atoms with van der Waals surface area (Å²) < 4.78 is 15.3. The molecular formula is C27H37FN4S. The van der Waals surface area contributed by atoms with Crippen LogP contribution in [0.1, 0.15) is 32.3 Å². The first-order valence-corrected chi connectivity index (χ1v) is 12.8. The number of hydrogen-bond donors (Lipinski definition) is 0. The summed E-state index contributed by atoms with van der Waals surface area (Å²) in [6, 6.07) is 19.7. The van der Waals surface area contributed by atoms with Crippen LogP contribution in [0.2, 0.25) is 0 Å². The van der Waals surface area contributed by atoms with Gasteiger partial charge in [-0.2, -0.15) is 5.26 Å². The standard InChI is InChI=1S/C27H37FN4S/c1-23(2)27(22-29,24-8-5-4-6-9-24)14-7-15-31-18-20-32(21-19-31)17-16-30(3)33-26-12-10-25(28)11-13-26/h4-6,8-13,23H,7,14-21H2,1-3H3. The first-order valence-electron chi connectivity index (χ1n) is 12.0. The van der Waals surface area contributed by atoms with Crippen molar-refractivity contribution in [1.82, 2.24) is 14.1 Å². The van der Waals surface area contributed by atoms with Crippen LogP contribution >= 0.6 is 11.9 Å². The van der Waals surface area contributed by atoms with Gasteiger partial charge in [-0.25, -0.2) is 8.70 Å². The van der Waals surface area contributed by atoms with Crippen molar-refractivity contribution < 1.29 is 4.39 Å². The van der Waals surface area contributed by atoms with Crippen LogP contribution in [0.25, 0.3) is 0 Å². The number of halogens is 1. The number of nitriles is 1. The van der Waals surface area contributed by atoms with Crippen LogP contribution in [0, 0.1) is 23.1 Å². The molecule has 1 unspecified atom stereocenters. The molecule has 1 aliphatic heterocycles. The van der Waals surface area contributed by atoms with Gasteiger partial charge in [-0.1, -0.05) is 44.2 Å². The zero-order valence-corrected chi connectivity index (χ0v) is 21.0. The fourth-order valence-electron chi connectivity index (χ4n) is 4.57. The lowest BCUT2D eigenvalue weighted by Gasteiger charge is -2.36. The number of benzene rings is 2. The van der Waals surface area contributed by atoms with Crippen LogP contribution < -0.4 is 0 Å². The molecule has 0 aliphatic carbocycles. The molecule has 2 aromatic carbocycles. The van der Waals surface area contributed by atoms with E-state index in [1.54, 1.807) is 11.9 Å². The highest BCUT2D eigenvalue weighted by atomic mass is 32.2. The van der Waals surface area contributed by atoms with E-state index in [4.69, 9.17) is 0 Å². The van der Waals surface area contributed by atoms with Crippen LogP contribution in [0.3, 0.4) is 0 Å². The Kier molecular flexibility index (Phi) is 9.76. The molecule has 1 aliphatic rings. The monoisotopic (exact) mass is 468 g/mol. The number of piperazine rings is 1. The first kappa shape index (κ1) is 25.7. The van der Waals surface area contributed by atoms with Gasteiger partial charge in [0.15, 0.2) is 0 Å². The van der Waals surface area contributed by atoms with Crippen LogP contribution in [0.15, 0.2) is 59.5 Å². The maximum absolute atomic E-state index is 13.1. The van der Waals surface area contributed by atoms with Crippen molar-refractivity contribution >= 4 is 11.9 Å². The largest absolute Gasteiger partial charge is 0.301 e. The molecule has 33 heavy (non-hydrogen) atoms. The third-order valence-electron chi connectivity index (χ3n) is 6.79. The summed E-state index contributed by atoms with van der Waals surface area (Å²) in [4.78, 5) is 6.13. The maximum Gasteiger partial charge on any atom is 0.123 e. The Balaban J connectivity index is 1.38. The van der Waals surface area contributed by atoms with Gasteiger partial charge in [-0.05, 0) is 74.1 Å². The van der Waals surface area contributed by atoms with Gasteiger partial charge in [0.05, 0.1) is 11.5 Å². The van der Waals surface area contributed by atoms with Crippen molar-refractivity contribution in [3.63, 3.8) is 0 Å². The molecule has 3 rings (SSSR count). The maximum atomic E-state index is 13.1. The van der Waals surface area contributed by atoms with E-state index in [0.717, 1.165) is 69.1 Å². The van der Waals surface area contributed by atoms with Crippen LogP contribution in [-0.4, -0.2) is 67.0 Å². The smallest absolute Gasteiger partial charge is 0.123 e.